The smallest absolute Gasteiger partial charge is 0.134 e. The fourth-order valence-electron chi connectivity index (χ4n) is 1.80. The fraction of sp³-hybridized carbons (Fsp3) is 0.500. The molecule has 0 atom stereocenters. The van der Waals surface area contributed by atoms with Gasteiger partial charge in [-0.1, -0.05) is 49.3 Å². The molecular weight excluding hydrogens is 312 g/mol. The van der Waals surface area contributed by atoms with Crippen molar-refractivity contribution in [2.75, 3.05) is 11.5 Å². The topological polar surface area (TPSA) is 51.6 Å². The molecule has 4 nitrogen and oxygen atoms in total. The highest BCUT2D eigenvalue weighted by molar-refractivity contribution is 8.76. The first-order chi connectivity index (χ1) is 10.4. The van der Waals surface area contributed by atoms with E-state index in [-0.39, 0.29) is 10.8 Å². The number of rotatable bonds is 7. The zero-order chi connectivity index (χ0) is 16.1. The van der Waals surface area contributed by atoms with Crippen molar-refractivity contribution >= 4 is 21.6 Å². The van der Waals surface area contributed by atoms with Crippen molar-refractivity contribution in [1.29, 1.82) is 0 Å². The fourth-order valence-corrected chi connectivity index (χ4v) is 5.09. The van der Waals surface area contributed by atoms with Crippen molar-refractivity contribution < 1.29 is 0 Å². The number of hydrogen-bond acceptors (Lipinski definition) is 6. The minimum atomic E-state index is -0.0354. The van der Waals surface area contributed by atoms with Crippen molar-refractivity contribution in [2.24, 2.45) is 0 Å². The molecule has 0 aromatic carbocycles. The van der Waals surface area contributed by atoms with Crippen LogP contribution in [0.5, 0.6) is 0 Å². The zero-order valence-corrected chi connectivity index (χ0v) is 15.1. The average Bonchev–Trinajstić information content (AvgIpc) is 2.53. The molecule has 2 aromatic rings. The summed E-state index contributed by atoms with van der Waals surface area (Å²) in [4.78, 5) is 17.5. The second-order valence-electron chi connectivity index (χ2n) is 6.44. The van der Waals surface area contributed by atoms with Gasteiger partial charge in [0, 0.05) is 47.1 Å². The van der Waals surface area contributed by atoms with Crippen LogP contribution < -0.4 is 0 Å². The minimum absolute atomic E-state index is 0.0354. The Kier molecular flexibility index (Phi) is 5.81. The second-order valence-corrected chi connectivity index (χ2v) is 8.90. The molecule has 2 rings (SSSR count). The van der Waals surface area contributed by atoms with E-state index in [2.05, 4.69) is 47.6 Å². The van der Waals surface area contributed by atoms with Crippen LogP contribution in [0.4, 0.5) is 0 Å². The Morgan fingerprint density at radius 1 is 0.682 bits per heavy atom. The first kappa shape index (κ1) is 17.2. The Morgan fingerprint density at radius 3 is 1.32 bits per heavy atom. The van der Waals surface area contributed by atoms with Crippen molar-refractivity contribution in [3.05, 3.63) is 48.6 Å². The van der Waals surface area contributed by atoms with E-state index in [9.17, 15) is 0 Å². The maximum absolute atomic E-state index is 4.37. The summed E-state index contributed by atoms with van der Waals surface area (Å²) in [5, 5.41) is 0. The van der Waals surface area contributed by atoms with Crippen LogP contribution in [-0.2, 0) is 10.8 Å². The van der Waals surface area contributed by atoms with Crippen LogP contribution >= 0.6 is 21.6 Å². The van der Waals surface area contributed by atoms with E-state index in [4.69, 9.17) is 0 Å². The quantitative estimate of drug-likeness (QED) is 0.565. The largest absolute Gasteiger partial charge is 0.241 e. The summed E-state index contributed by atoms with van der Waals surface area (Å²) in [5.74, 6) is 3.73. The molecule has 2 heterocycles. The maximum Gasteiger partial charge on any atom is 0.134 e. The van der Waals surface area contributed by atoms with Crippen molar-refractivity contribution in [2.45, 2.75) is 38.5 Å². The predicted octanol–water partition coefficient (Wildman–Crippen LogP) is 3.90. The lowest BCUT2D eigenvalue weighted by Gasteiger charge is -2.24. The summed E-state index contributed by atoms with van der Waals surface area (Å²) in [6, 6.07) is 3.70. The maximum atomic E-state index is 4.37. The van der Waals surface area contributed by atoms with E-state index in [1.54, 1.807) is 24.8 Å². The van der Waals surface area contributed by atoms with Gasteiger partial charge in [0.25, 0.3) is 0 Å². The van der Waals surface area contributed by atoms with Gasteiger partial charge in [-0.15, -0.1) is 0 Å². The molecule has 0 saturated heterocycles. The molecule has 0 unspecified atom stereocenters. The third-order valence-electron chi connectivity index (χ3n) is 3.27. The molecule has 0 aliphatic carbocycles. The second kappa shape index (κ2) is 7.42. The van der Waals surface area contributed by atoms with Gasteiger partial charge in [0.15, 0.2) is 0 Å². The lowest BCUT2D eigenvalue weighted by Crippen LogP contribution is -2.25. The summed E-state index contributed by atoms with van der Waals surface area (Å²) in [5.41, 5.74) is -0.0708. The van der Waals surface area contributed by atoms with Crippen LogP contribution in [0.3, 0.4) is 0 Å². The highest BCUT2D eigenvalue weighted by Gasteiger charge is 2.26. The summed E-state index contributed by atoms with van der Waals surface area (Å²) >= 11 is 0. The van der Waals surface area contributed by atoms with Gasteiger partial charge >= 0.3 is 0 Å². The molecule has 6 heteroatoms. The lowest BCUT2D eigenvalue weighted by atomic mass is 9.95. The van der Waals surface area contributed by atoms with Crippen LogP contribution in [0.15, 0.2) is 36.9 Å². The van der Waals surface area contributed by atoms with Crippen LogP contribution in [0.25, 0.3) is 0 Å². The van der Waals surface area contributed by atoms with Crippen LogP contribution in [0, 0.1) is 0 Å². The summed E-state index contributed by atoms with van der Waals surface area (Å²) in [7, 11) is 3.72. The van der Waals surface area contributed by atoms with Gasteiger partial charge < -0.3 is 0 Å². The number of aromatic nitrogens is 4. The Balaban J connectivity index is 1.84. The Labute approximate surface area is 140 Å². The van der Waals surface area contributed by atoms with Gasteiger partial charge in [0.2, 0.25) is 0 Å². The van der Waals surface area contributed by atoms with Crippen LogP contribution in [0.2, 0.25) is 0 Å². The van der Waals surface area contributed by atoms with Gasteiger partial charge in [0.1, 0.15) is 11.6 Å². The monoisotopic (exact) mass is 334 g/mol. The number of hydrogen-bond donors (Lipinski definition) is 0. The molecule has 0 fully saturated rings. The van der Waals surface area contributed by atoms with E-state index < -0.39 is 0 Å². The highest BCUT2D eigenvalue weighted by Crippen LogP contribution is 2.35. The first-order valence-electron chi connectivity index (χ1n) is 7.21. The van der Waals surface area contributed by atoms with Crippen molar-refractivity contribution in [3.8, 4) is 0 Å². The molecule has 0 saturated carbocycles. The Bertz CT molecular complexity index is 520. The summed E-state index contributed by atoms with van der Waals surface area (Å²) in [6.07, 6.45) is 7.21. The van der Waals surface area contributed by atoms with Gasteiger partial charge in [-0.25, -0.2) is 19.9 Å². The molecule has 22 heavy (non-hydrogen) atoms. The van der Waals surface area contributed by atoms with Crippen LogP contribution in [-0.4, -0.2) is 31.4 Å². The lowest BCUT2D eigenvalue weighted by molar-refractivity contribution is 0.554. The molecule has 0 N–H and O–H groups in total. The normalized spacial score (nSPS) is 12.4. The van der Waals surface area contributed by atoms with Crippen LogP contribution in [0.1, 0.15) is 39.3 Å². The standard InChI is InChI=1S/C16H22N4S2/c1-15(2,13-17-7-5-8-18-13)11-21-22-12-16(3,4)14-19-9-6-10-20-14/h5-10H,11-12H2,1-4H3. The van der Waals surface area contributed by atoms with Gasteiger partial charge in [-0.3, -0.25) is 0 Å². The molecule has 0 amide bonds. The van der Waals surface area contributed by atoms with Gasteiger partial charge in [-0.05, 0) is 12.1 Å². The summed E-state index contributed by atoms with van der Waals surface area (Å²) < 4.78 is 0. The van der Waals surface area contributed by atoms with Crippen molar-refractivity contribution in [3.63, 3.8) is 0 Å². The van der Waals surface area contributed by atoms with Crippen molar-refractivity contribution in [1.82, 2.24) is 19.9 Å². The Hall–Kier alpha value is -1.14. The number of nitrogens with zero attached hydrogens (tertiary/aromatic N) is 4. The highest BCUT2D eigenvalue weighted by atomic mass is 33.1. The zero-order valence-electron chi connectivity index (χ0n) is 13.5. The third kappa shape index (κ3) is 4.68. The molecule has 2 aromatic heterocycles. The molecule has 0 aliphatic rings. The first-order valence-corrected chi connectivity index (χ1v) is 9.70. The van der Waals surface area contributed by atoms with E-state index in [0.29, 0.717) is 0 Å². The van der Waals surface area contributed by atoms with E-state index in [0.717, 1.165) is 23.2 Å². The molecule has 0 aliphatic heterocycles. The van der Waals surface area contributed by atoms with E-state index in [1.165, 1.54) is 0 Å². The third-order valence-corrected chi connectivity index (χ3v) is 6.32. The molecule has 0 spiro atoms. The van der Waals surface area contributed by atoms with Gasteiger partial charge in [-0.2, -0.15) is 0 Å². The molecule has 118 valence electrons. The average molecular weight is 335 g/mol. The van der Waals surface area contributed by atoms with E-state index >= 15 is 0 Å². The SMILES string of the molecule is CC(C)(CSSCC(C)(C)c1ncccn1)c1ncccn1. The predicted molar refractivity (Wildman–Crippen MR) is 95.0 cm³/mol. The van der Waals surface area contributed by atoms with E-state index in [1.807, 2.05) is 33.7 Å². The summed E-state index contributed by atoms with van der Waals surface area (Å²) in [6.45, 7) is 8.73. The Morgan fingerprint density at radius 2 is 1.00 bits per heavy atom. The molecule has 0 bridgehead atoms. The van der Waals surface area contributed by atoms with Gasteiger partial charge in [0.05, 0.1) is 0 Å². The molecular formula is C16H22N4S2. The molecule has 0 radical (unpaired) electrons. The minimum Gasteiger partial charge on any atom is -0.241 e.